The SMILES string of the molecule is CC(CN)Oc1cccc(Cl)c1.Cl. The maximum atomic E-state index is 5.76. The lowest BCUT2D eigenvalue weighted by Gasteiger charge is -2.11. The van der Waals surface area contributed by atoms with Gasteiger partial charge in [0, 0.05) is 11.6 Å². The van der Waals surface area contributed by atoms with Gasteiger partial charge in [-0.15, -0.1) is 12.4 Å². The molecule has 0 saturated carbocycles. The number of benzene rings is 1. The third-order valence-electron chi connectivity index (χ3n) is 1.47. The van der Waals surface area contributed by atoms with Gasteiger partial charge in [0.25, 0.3) is 0 Å². The van der Waals surface area contributed by atoms with E-state index >= 15 is 0 Å². The van der Waals surface area contributed by atoms with Crippen LogP contribution in [0.15, 0.2) is 24.3 Å². The normalized spacial score (nSPS) is 11.6. The number of hydrogen-bond donors (Lipinski definition) is 1. The average Bonchev–Trinajstić information content (AvgIpc) is 2.04. The zero-order chi connectivity index (χ0) is 8.97. The largest absolute Gasteiger partial charge is 0.489 e. The lowest BCUT2D eigenvalue weighted by Crippen LogP contribution is -2.22. The molecule has 0 saturated heterocycles. The van der Waals surface area contributed by atoms with Gasteiger partial charge in [-0.25, -0.2) is 0 Å². The highest BCUT2D eigenvalue weighted by atomic mass is 35.5. The molecule has 0 bridgehead atoms. The summed E-state index contributed by atoms with van der Waals surface area (Å²) in [5.74, 6) is 0.764. The topological polar surface area (TPSA) is 35.2 Å². The highest BCUT2D eigenvalue weighted by Crippen LogP contribution is 2.17. The summed E-state index contributed by atoms with van der Waals surface area (Å²) < 4.78 is 5.43. The minimum Gasteiger partial charge on any atom is -0.489 e. The van der Waals surface area contributed by atoms with Crippen LogP contribution in [0.5, 0.6) is 5.75 Å². The smallest absolute Gasteiger partial charge is 0.121 e. The van der Waals surface area contributed by atoms with E-state index in [9.17, 15) is 0 Å². The summed E-state index contributed by atoms with van der Waals surface area (Å²) >= 11 is 5.76. The van der Waals surface area contributed by atoms with Gasteiger partial charge >= 0.3 is 0 Å². The van der Waals surface area contributed by atoms with Crippen LogP contribution in [0.25, 0.3) is 0 Å². The molecule has 0 aliphatic carbocycles. The molecule has 0 amide bonds. The first-order valence-electron chi connectivity index (χ1n) is 3.84. The van der Waals surface area contributed by atoms with Crippen LogP contribution in [0.3, 0.4) is 0 Å². The minimum absolute atomic E-state index is 0. The molecule has 1 aromatic carbocycles. The van der Waals surface area contributed by atoms with Crippen LogP contribution in [0, 0.1) is 0 Å². The molecular weight excluding hydrogens is 209 g/mol. The van der Waals surface area contributed by atoms with E-state index in [4.69, 9.17) is 22.1 Å². The highest BCUT2D eigenvalue weighted by molar-refractivity contribution is 6.30. The Kier molecular flexibility index (Phi) is 5.88. The lowest BCUT2D eigenvalue weighted by molar-refractivity contribution is 0.230. The summed E-state index contributed by atoms with van der Waals surface area (Å²) in [5.41, 5.74) is 5.40. The van der Waals surface area contributed by atoms with E-state index in [2.05, 4.69) is 0 Å². The zero-order valence-corrected chi connectivity index (χ0v) is 8.94. The number of nitrogens with two attached hydrogens (primary N) is 1. The molecule has 74 valence electrons. The second-order valence-electron chi connectivity index (χ2n) is 2.62. The van der Waals surface area contributed by atoms with Crippen LogP contribution >= 0.6 is 24.0 Å². The van der Waals surface area contributed by atoms with Gasteiger partial charge in [0.05, 0.1) is 0 Å². The maximum absolute atomic E-state index is 5.76. The van der Waals surface area contributed by atoms with Gasteiger partial charge in [-0.05, 0) is 25.1 Å². The molecule has 4 heteroatoms. The van der Waals surface area contributed by atoms with Crippen molar-refractivity contribution in [2.45, 2.75) is 13.0 Å². The Morgan fingerprint density at radius 2 is 2.23 bits per heavy atom. The molecule has 0 aliphatic rings. The van der Waals surface area contributed by atoms with Crippen molar-refractivity contribution in [1.29, 1.82) is 0 Å². The summed E-state index contributed by atoms with van der Waals surface area (Å²) in [5, 5.41) is 0.678. The first kappa shape index (κ1) is 12.6. The van der Waals surface area contributed by atoms with E-state index in [0.717, 1.165) is 5.75 Å². The monoisotopic (exact) mass is 221 g/mol. The Hall–Kier alpha value is -0.440. The molecule has 1 aromatic rings. The molecule has 1 atom stereocenters. The van der Waals surface area contributed by atoms with Crippen LogP contribution in [-0.2, 0) is 0 Å². The van der Waals surface area contributed by atoms with Gasteiger partial charge < -0.3 is 10.5 Å². The number of hydrogen-bond acceptors (Lipinski definition) is 2. The van der Waals surface area contributed by atoms with Gasteiger partial charge in [0.15, 0.2) is 0 Å². The van der Waals surface area contributed by atoms with E-state index < -0.39 is 0 Å². The molecule has 0 aromatic heterocycles. The number of halogens is 2. The Morgan fingerprint density at radius 3 is 2.77 bits per heavy atom. The average molecular weight is 222 g/mol. The van der Waals surface area contributed by atoms with Gasteiger partial charge in [-0.2, -0.15) is 0 Å². The molecular formula is C9H13Cl2NO. The summed E-state index contributed by atoms with van der Waals surface area (Å²) in [6.07, 6.45) is 0.0310. The lowest BCUT2D eigenvalue weighted by atomic mass is 10.3. The van der Waals surface area contributed by atoms with E-state index in [1.165, 1.54) is 0 Å². The summed E-state index contributed by atoms with van der Waals surface area (Å²) in [7, 11) is 0. The van der Waals surface area contributed by atoms with E-state index in [-0.39, 0.29) is 18.5 Å². The number of rotatable bonds is 3. The fourth-order valence-corrected chi connectivity index (χ4v) is 1.00. The van der Waals surface area contributed by atoms with E-state index in [1.807, 2.05) is 25.1 Å². The molecule has 0 fully saturated rings. The van der Waals surface area contributed by atoms with Crippen LogP contribution in [0.4, 0.5) is 0 Å². The molecule has 2 nitrogen and oxygen atoms in total. The molecule has 2 N–H and O–H groups in total. The van der Waals surface area contributed by atoms with Crippen molar-refractivity contribution >= 4 is 24.0 Å². The molecule has 0 aliphatic heterocycles. The number of ether oxygens (including phenoxy) is 1. The summed E-state index contributed by atoms with van der Waals surface area (Å²) in [6.45, 7) is 2.42. The van der Waals surface area contributed by atoms with Crippen molar-refractivity contribution in [2.75, 3.05) is 6.54 Å². The third kappa shape index (κ3) is 4.36. The van der Waals surface area contributed by atoms with Crippen molar-refractivity contribution in [3.63, 3.8) is 0 Å². The minimum atomic E-state index is 0. The summed E-state index contributed by atoms with van der Waals surface area (Å²) in [4.78, 5) is 0. The van der Waals surface area contributed by atoms with Gasteiger partial charge in [-0.1, -0.05) is 17.7 Å². The predicted molar refractivity (Wildman–Crippen MR) is 57.8 cm³/mol. The zero-order valence-electron chi connectivity index (χ0n) is 7.37. The van der Waals surface area contributed by atoms with Gasteiger partial charge in [0.2, 0.25) is 0 Å². The Morgan fingerprint density at radius 1 is 1.54 bits per heavy atom. The quantitative estimate of drug-likeness (QED) is 0.852. The van der Waals surface area contributed by atoms with Crippen molar-refractivity contribution in [1.82, 2.24) is 0 Å². The van der Waals surface area contributed by atoms with Crippen LogP contribution in [0.1, 0.15) is 6.92 Å². The highest BCUT2D eigenvalue weighted by Gasteiger charge is 2.00. The van der Waals surface area contributed by atoms with Gasteiger partial charge in [0.1, 0.15) is 11.9 Å². The van der Waals surface area contributed by atoms with Crippen molar-refractivity contribution in [3.05, 3.63) is 29.3 Å². The fourth-order valence-electron chi connectivity index (χ4n) is 0.821. The predicted octanol–water partition coefficient (Wildman–Crippen LogP) is 2.49. The first-order valence-corrected chi connectivity index (χ1v) is 4.22. The second kappa shape index (κ2) is 6.08. The standard InChI is InChI=1S/C9H12ClNO.ClH/c1-7(6-11)12-9-4-2-3-8(10)5-9;/h2-5,7H,6,11H2,1H3;1H. The fraction of sp³-hybridized carbons (Fsp3) is 0.333. The second-order valence-corrected chi connectivity index (χ2v) is 3.06. The maximum Gasteiger partial charge on any atom is 0.121 e. The third-order valence-corrected chi connectivity index (χ3v) is 1.70. The first-order chi connectivity index (χ1) is 5.72. The molecule has 1 unspecified atom stereocenters. The van der Waals surface area contributed by atoms with Gasteiger partial charge in [-0.3, -0.25) is 0 Å². The molecule has 0 radical (unpaired) electrons. The van der Waals surface area contributed by atoms with E-state index in [1.54, 1.807) is 6.07 Å². The molecule has 1 rings (SSSR count). The van der Waals surface area contributed by atoms with Crippen molar-refractivity contribution in [2.24, 2.45) is 5.73 Å². The van der Waals surface area contributed by atoms with Crippen LogP contribution < -0.4 is 10.5 Å². The Bertz CT molecular complexity index is 255. The van der Waals surface area contributed by atoms with Crippen molar-refractivity contribution in [3.8, 4) is 5.75 Å². The summed E-state index contributed by atoms with van der Waals surface area (Å²) in [6, 6.07) is 7.29. The molecule has 0 heterocycles. The van der Waals surface area contributed by atoms with Crippen molar-refractivity contribution < 1.29 is 4.74 Å². The Labute approximate surface area is 89.4 Å². The molecule has 0 spiro atoms. The Balaban J connectivity index is 0.00000144. The van der Waals surface area contributed by atoms with E-state index in [0.29, 0.717) is 11.6 Å². The van der Waals surface area contributed by atoms with Crippen LogP contribution in [-0.4, -0.2) is 12.6 Å². The van der Waals surface area contributed by atoms with Crippen LogP contribution in [0.2, 0.25) is 5.02 Å². The molecule has 13 heavy (non-hydrogen) atoms.